The van der Waals surface area contributed by atoms with Gasteiger partial charge in [-0.2, -0.15) is 0 Å². The van der Waals surface area contributed by atoms with Gasteiger partial charge in [0, 0.05) is 0 Å². The van der Waals surface area contributed by atoms with Gasteiger partial charge < -0.3 is 9.15 Å². The van der Waals surface area contributed by atoms with Crippen LogP contribution in [0.25, 0.3) is 17.2 Å². The lowest BCUT2D eigenvalue weighted by atomic mass is 10.0. The normalized spacial score (nSPS) is 10.8. The van der Waals surface area contributed by atoms with E-state index >= 15 is 0 Å². The number of ketones is 1. The summed E-state index contributed by atoms with van der Waals surface area (Å²) < 4.78 is 10.2. The number of allylic oxidation sites excluding steroid dienone is 1. The predicted octanol–water partition coefficient (Wildman–Crippen LogP) is 4.85. The van der Waals surface area contributed by atoms with Crippen molar-refractivity contribution in [3.8, 4) is 16.9 Å². The molecule has 0 N–H and O–H groups in total. The summed E-state index contributed by atoms with van der Waals surface area (Å²) >= 11 is 0. The van der Waals surface area contributed by atoms with Crippen molar-refractivity contribution in [1.29, 1.82) is 0 Å². The Labute approximate surface area is 134 Å². The van der Waals surface area contributed by atoms with E-state index < -0.39 is 0 Å². The van der Waals surface area contributed by atoms with E-state index in [1.807, 2.05) is 48.5 Å². The van der Waals surface area contributed by atoms with Crippen molar-refractivity contribution in [3.63, 3.8) is 0 Å². The van der Waals surface area contributed by atoms with Crippen LogP contribution >= 0.6 is 0 Å². The summed E-state index contributed by atoms with van der Waals surface area (Å²) in [5.74, 6) is 1.04. The van der Waals surface area contributed by atoms with E-state index in [0.717, 1.165) is 22.4 Å². The number of carbonyl (C=O) groups excluding carboxylic acids is 1. The fourth-order valence-corrected chi connectivity index (χ4v) is 2.24. The molecule has 0 atom stereocenters. The van der Waals surface area contributed by atoms with Gasteiger partial charge in [0.15, 0.2) is 5.76 Å². The molecule has 1 heterocycles. The average molecular weight is 304 g/mol. The van der Waals surface area contributed by atoms with Crippen LogP contribution in [0.3, 0.4) is 0 Å². The van der Waals surface area contributed by atoms with Gasteiger partial charge in [0.1, 0.15) is 5.75 Å². The molecule has 114 valence electrons. The lowest BCUT2D eigenvalue weighted by Gasteiger charge is -2.04. The maximum absolute atomic E-state index is 11.8. The van der Waals surface area contributed by atoms with Crippen LogP contribution in [-0.2, 0) is 0 Å². The fourth-order valence-electron chi connectivity index (χ4n) is 2.24. The van der Waals surface area contributed by atoms with Crippen LogP contribution in [0.2, 0.25) is 0 Å². The van der Waals surface area contributed by atoms with E-state index in [-0.39, 0.29) is 5.78 Å². The Morgan fingerprint density at radius 1 is 0.957 bits per heavy atom. The van der Waals surface area contributed by atoms with Gasteiger partial charge in [0.25, 0.3) is 0 Å². The molecule has 23 heavy (non-hydrogen) atoms. The fraction of sp³-hybridized carbons (Fsp3) is 0.0500. The van der Waals surface area contributed by atoms with Gasteiger partial charge >= 0.3 is 0 Å². The third-order valence-electron chi connectivity index (χ3n) is 3.53. The Morgan fingerprint density at radius 2 is 1.61 bits per heavy atom. The van der Waals surface area contributed by atoms with Crippen molar-refractivity contribution in [2.45, 2.75) is 0 Å². The topological polar surface area (TPSA) is 39.4 Å². The van der Waals surface area contributed by atoms with Gasteiger partial charge in [0.2, 0.25) is 5.78 Å². The zero-order valence-electron chi connectivity index (χ0n) is 12.7. The smallest absolute Gasteiger partial charge is 0.221 e. The zero-order valence-corrected chi connectivity index (χ0v) is 12.7. The maximum atomic E-state index is 11.8. The summed E-state index contributed by atoms with van der Waals surface area (Å²) in [6.07, 6.45) is 4.79. The van der Waals surface area contributed by atoms with E-state index in [1.165, 1.54) is 12.3 Å². The lowest BCUT2D eigenvalue weighted by Crippen LogP contribution is -1.90. The second-order valence-electron chi connectivity index (χ2n) is 5.03. The predicted molar refractivity (Wildman–Crippen MR) is 90.5 cm³/mol. The van der Waals surface area contributed by atoms with Crippen molar-refractivity contribution < 1.29 is 13.9 Å². The number of rotatable bonds is 5. The van der Waals surface area contributed by atoms with Crippen LogP contribution in [-0.4, -0.2) is 12.9 Å². The number of benzene rings is 2. The van der Waals surface area contributed by atoms with Crippen molar-refractivity contribution in [2.75, 3.05) is 7.11 Å². The molecule has 0 saturated carbocycles. The zero-order chi connectivity index (χ0) is 16.1. The van der Waals surface area contributed by atoms with Crippen LogP contribution in [0.1, 0.15) is 16.1 Å². The first-order chi connectivity index (χ1) is 11.3. The summed E-state index contributed by atoms with van der Waals surface area (Å²) in [4.78, 5) is 11.8. The van der Waals surface area contributed by atoms with Gasteiger partial charge in [-0.3, -0.25) is 4.79 Å². The molecule has 0 spiro atoms. The monoisotopic (exact) mass is 304 g/mol. The Kier molecular flexibility index (Phi) is 4.39. The van der Waals surface area contributed by atoms with E-state index in [2.05, 4.69) is 0 Å². The highest BCUT2D eigenvalue weighted by Gasteiger charge is 2.03. The van der Waals surface area contributed by atoms with E-state index in [9.17, 15) is 4.79 Å². The van der Waals surface area contributed by atoms with Crippen LogP contribution in [0.5, 0.6) is 5.75 Å². The molecule has 3 aromatic rings. The lowest BCUT2D eigenvalue weighted by molar-refractivity contribution is 0.102. The Bertz CT molecular complexity index is 795. The minimum absolute atomic E-state index is 0.144. The molecule has 0 aliphatic heterocycles. The molecule has 0 unspecified atom stereocenters. The Hall–Kier alpha value is -3.07. The number of furan rings is 1. The summed E-state index contributed by atoms with van der Waals surface area (Å²) in [6.45, 7) is 0. The van der Waals surface area contributed by atoms with Crippen molar-refractivity contribution in [1.82, 2.24) is 0 Å². The number of hydrogen-bond donors (Lipinski definition) is 0. The Morgan fingerprint density at radius 3 is 2.17 bits per heavy atom. The van der Waals surface area contributed by atoms with Gasteiger partial charge in [-0.15, -0.1) is 0 Å². The van der Waals surface area contributed by atoms with Gasteiger partial charge in [-0.25, -0.2) is 0 Å². The second-order valence-corrected chi connectivity index (χ2v) is 5.03. The van der Waals surface area contributed by atoms with Crippen molar-refractivity contribution in [3.05, 3.63) is 84.3 Å². The molecule has 3 heteroatoms. The summed E-state index contributed by atoms with van der Waals surface area (Å²) in [5, 5.41) is 0. The van der Waals surface area contributed by atoms with E-state index in [0.29, 0.717) is 5.76 Å². The van der Waals surface area contributed by atoms with Crippen molar-refractivity contribution in [2.24, 2.45) is 0 Å². The molecule has 0 amide bonds. The first kappa shape index (κ1) is 14.9. The molecule has 3 rings (SSSR count). The summed E-state index contributed by atoms with van der Waals surface area (Å²) in [6, 6.07) is 19.3. The minimum Gasteiger partial charge on any atom is -0.497 e. The molecule has 0 radical (unpaired) electrons. The third kappa shape index (κ3) is 3.58. The molecule has 0 aliphatic carbocycles. The van der Waals surface area contributed by atoms with Gasteiger partial charge in [-0.05, 0) is 47.0 Å². The minimum atomic E-state index is -0.144. The molecule has 3 nitrogen and oxygen atoms in total. The van der Waals surface area contributed by atoms with Crippen molar-refractivity contribution >= 4 is 11.9 Å². The Balaban J connectivity index is 1.72. The molecule has 2 aromatic carbocycles. The third-order valence-corrected chi connectivity index (χ3v) is 3.53. The average Bonchev–Trinajstić information content (AvgIpc) is 3.15. The highest BCUT2D eigenvalue weighted by Crippen LogP contribution is 2.23. The highest BCUT2D eigenvalue weighted by atomic mass is 16.5. The SMILES string of the molecule is COc1ccc(-c2ccc(/C=C/C(=O)c3ccco3)cc2)cc1. The molecule has 0 saturated heterocycles. The number of carbonyl (C=O) groups is 1. The number of methoxy groups -OCH3 is 1. The molecule has 0 fully saturated rings. The highest BCUT2D eigenvalue weighted by molar-refractivity contribution is 6.04. The van der Waals surface area contributed by atoms with Gasteiger partial charge in [0.05, 0.1) is 13.4 Å². The van der Waals surface area contributed by atoms with E-state index in [4.69, 9.17) is 9.15 Å². The van der Waals surface area contributed by atoms with Crippen LogP contribution in [0.15, 0.2) is 77.4 Å². The summed E-state index contributed by atoms with van der Waals surface area (Å²) in [7, 11) is 1.65. The first-order valence-corrected chi connectivity index (χ1v) is 7.27. The van der Waals surface area contributed by atoms with Crippen LogP contribution in [0.4, 0.5) is 0 Å². The standard InChI is InChI=1S/C20H16O3/c1-22-18-11-9-17(10-12-18)16-7-4-15(5-8-16)6-13-19(21)20-3-2-14-23-20/h2-14H,1H3/b13-6+. The quantitative estimate of drug-likeness (QED) is 0.499. The second kappa shape index (κ2) is 6.79. The summed E-state index contributed by atoms with van der Waals surface area (Å²) in [5.41, 5.74) is 3.19. The first-order valence-electron chi connectivity index (χ1n) is 7.27. The molecule has 1 aromatic heterocycles. The number of ether oxygens (including phenoxy) is 1. The molecular formula is C20H16O3. The molecule has 0 aliphatic rings. The largest absolute Gasteiger partial charge is 0.497 e. The van der Waals surface area contributed by atoms with Crippen LogP contribution < -0.4 is 4.74 Å². The molecular weight excluding hydrogens is 288 g/mol. The van der Waals surface area contributed by atoms with E-state index in [1.54, 1.807) is 25.3 Å². The van der Waals surface area contributed by atoms with Gasteiger partial charge in [-0.1, -0.05) is 42.5 Å². The molecule has 0 bridgehead atoms. The maximum Gasteiger partial charge on any atom is 0.221 e. The van der Waals surface area contributed by atoms with Crippen LogP contribution in [0, 0.1) is 0 Å². The number of hydrogen-bond acceptors (Lipinski definition) is 3.